The number of hydrogen-bond acceptors (Lipinski definition) is 4. The molecule has 5 heteroatoms. The molecular weight excluding hydrogens is 311 g/mol. The largest absolute Gasteiger partial charge is 0.467 e. The van der Waals surface area contributed by atoms with Crippen molar-refractivity contribution in [2.75, 3.05) is 21.0 Å². The van der Waals surface area contributed by atoms with Gasteiger partial charge in [0.1, 0.15) is 17.1 Å². The molecule has 0 aliphatic heterocycles. The molecule has 1 saturated carbocycles. The normalized spacial score (nSPS) is 13.6. The van der Waals surface area contributed by atoms with Crippen LogP contribution in [-0.4, -0.2) is 27.0 Å². The van der Waals surface area contributed by atoms with Crippen LogP contribution in [-0.2, 0) is 9.47 Å². The third kappa shape index (κ3) is 3.41. The number of halogens is 1. The van der Waals surface area contributed by atoms with E-state index >= 15 is 0 Å². The maximum atomic E-state index is 13.2. The summed E-state index contributed by atoms with van der Waals surface area (Å²) in [6.07, 6.45) is 2.15. The van der Waals surface area contributed by atoms with Gasteiger partial charge in [0.15, 0.2) is 6.79 Å². The van der Waals surface area contributed by atoms with E-state index in [1.165, 1.54) is 26.4 Å². The summed E-state index contributed by atoms with van der Waals surface area (Å²) in [5.74, 6) is 0.0692. The minimum absolute atomic E-state index is 0.0234. The van der Waals surface area contributed by atoms with E-state index in [1.54, 1.807) is 12.1 Å². The van der Waals surface area contributed by atoms with Crippen LogP contribution in [0.5, 0.6) is 5.75 Å². The Hall–Kier alpha value is -2.40. The van der Waals surface area contributed by atoms with Gasteiger partial charge in [-0.1, -0.05) is 12.1 Å². The van der Waals surface area contributed by atoms with Gasteiger partial charge in [0.05, 0.1) is 7.11 Å². The molecule has 4 nitrogen and oxygen atoms in total. The smallest absolute Gasteiger partial charge is 0.341 e. The second-order valence-electron chi connectivity index (χ2n) is 5.76. The molecule has 0 amide bonds. The van der Waals surface area contributed by atoms with Crippen molar-refractivity contribution in [1.82, 2.24) is 0 Å². The lowest BCUT2D eigenvalue weighted by molar-refractivity contribution is 0.0465. The molecule has 0 bridgehead atoms. The first-order valence-electron chi connectivity index (χ1n) is 7.78. The third-order valence-electron chi connectivity index (χ3n) is 4.06. The number of carbonyl (C=O) groups is 1. The lowest BCUT2D eigenvalue weighted by Gasteiger charge is -2.16. The molecule has 1 fully saturated rings. The fourth-order valence-electron chi connectivity index (χ4n) is 2.72. The lowest BCUT2D eigenvalue weighted by atomic mass is 9.94. The van der Waals surface area contributed by atoms with Crippen molar-refractivity contribution in [2.45, 2.75) is 18.8 Å². The number of esters is 1. The minimum atomic E-state index is -0.450. The second kappa shape index (κ2) is 7.01. The summed E-state index contributed by atoms with van der Waals surface area (Å²) in [4.78, 5) is 12.1. The van der Waals surface area contributed by atoms with E-state index in [-0.39, 0.29) is 12.6 Å². The Kier molecular flexibility index (Phi) is 4.81. The number of benzene rings is 2. The van der Waals surface area contributed by atoms with E-state index in [0.717, 1.165) is 29.5 Å². The standard InChI is InChI=1S/C19H19FO4/c1-22-11-24-18-10-16(13-5-7-14(20)8-6-13)15(12-3-4-12)9-17(18)19(21)23-2/h5-10,12H,3-4,11H2,1-2H3. The van der Waals surface area contributed by atoms with Crippen molar-refractivity contribution in [2.24, 2.45) is 0 Å². The molecule has 126 valence electrons. The average Bonchev–Trinajstić information content (AvgIpc) is 3.44. The minimum Gasteiger partial charge on any atom is -0.467 e. The number of ether oxygens (including phenoxy) is 3. The highest BCUT2D eigenvalue weighted by Gasteiger charge is 2.29. The number of hydrogen-bond donors (Lipinski definition) is 0. The van der Waals surface area contributed by atoms with Gasteiger partial charge in [-0.2, -0.15) is 0 Å². The Bertz CT molecular complexity index is 736. The van der Waals surface area contributed by atoms with Gasteiger partial charge in [-0.05, 0) is 59.7 Å². The molecule has 0 unspecified atom stereocenters. The van der Waals surface area contributed by atoms with E-state index in [4.69, 9.17) is 14.2 Å². The van der Waals surface area contributed by atoms with Crippen molar-refractivity contribution in [3.63, 3.8) is 0 Å². The van der Waals surface area contributed by atoms with Gasteiger partial charge in [-0.15, -0.1) is 0 Å². The van der Waals surface area contributed by atoms with Crippen LogP contribution in [0.1, 0.15) is 34.7 Å². The maximum absolute atomic E-state index is 13.2. The van der Waals surface area contributed by atoms with Gasteiger partial charge in [0.25, 0.3) is 0 Å². The van der Waals surface area contributed by atoms with Crippen molar-refractivity contribution in [1.29, 1.82) is 0 Å². The van der Waals surface area contributed by atoms with Crippen LogP contribution in [0, 0.1) is 5.82 Å². The molecule has 0 heterocycles. The van der Waals surface area contributed by atoms with Gasteiger partial charge in [-0.25, -0.2) is 9.18 Å². The molecular formula is C19H19FO4. The predicted molar refractivity (Wildman–Crippen MR) is 87.7 cm³/mol. The van der Waals surface area contributed by atoms with Crippen LogP contribution in [0.4, 0.5) is 4.39 Å². The first-order valence-corrected chi connectivity index (χ1v) is 7.78. The molecule has 2 aromatic rings. The molecule has 0 spiro atoms. The van der Waals surface area contributed by atoms with E-state index < -0.39 is 5.97 Å². The number of carbonyl (C=O) groups excluding carboxylic acids is 1. The van der Waals surface area contributed by atoms with E-state index in [9.17, 15) is 9.18 Å². The van der Waals surface area contributed by atoms with Gasteiger partial charge >= 0.3 is 5.97 Å². The zero-order chi connectivity index (χ0) is 17.1. The second-order valence-corrected chi connectivity index (χ2v) is 5.76. The molecule has 3 rings (SSSR count). The van der Waals surface area contributed by atoms with Gasteiger partial charge in [-0.3, -0.25) is 0 Å². The zero-order valence-corrected chi connectivity index (χ0v) is 13.7. The van der Waals surface area contributed by atoms with Crippen molar-refractivity contribution in [3.05, 3.63) is 53.3 Å². The molecule has 1 aliphatic rings. The van der Waals surface area contributed by atoms with E-state index in [1.807, 2.05) is 12.1 Å². The molecule has 2 aromatic carbocycles. The van der Waals surface area contributed by atoms with Crippen LogP contribution < -0.4 is 4.74 Å². The fraction of sp³-hybridized carbons (Fsp3) is 0.316. The van der Waals surface area contributed by atoms with Crippen LogP contribution in [0.3, 0.4) is 0 Å². The summed E-state index contributed by atoms with van der Waals surface area (Å²) in [6, 6.07) is 9.95. The first-order chi connectivity index (χ1) is 11.6. The number of rotatable bonds is 6. The highest BCUT2D eigenvalue weighted by Crippen LogP contribution is 2.46. The van der Waals surface area contributed by atoms with E-state index in [0.29, 0.717) is 17.2 Å². The van der Waals surface area contributed by atoms with Crippen LogP contribution in [0.25, 0.3) is 11.1 Å². The zero-order valence-electron chi connectivity index (χ0n) is 13.7. The monoisotopic (exact) mass is 330 g/mol. The van der Waals surface area contributed by atoms with Crippen LogP contribution in [0.15, 0.2) is 36.4 Å². The Morgan fingerprint density at radius 2 is 1.88 bits per heavy atom. The third-order valence-corrected chi connectivity index (χ3v) is 4.06. The molecule has 0 N–H and O–H groups in total. The van der Waals surface area contributed by atoms with Gasteiger partial charge in [0.2, 0.25) is 0 Å². The Labute approximate surface area is 140 Å². The molecule has 0 aromatic heterocycles. The topological polar surface area (TPSA) is 44.8 Å². The van der Waals surface area contributed by atoms with Crippen LogP contribution >= 0.6 is 0 Å². The molecule has 24 heavy (non-hydrogen) atoms. The molecule has 0 radical (unpaired) electrons. The van der Waals surface area contributed by atoms with Crippen molar-refractivity contribution >= 4 is 5.97 Å². The quantitative estimate of drug-likeness (QED) is 0.590. The fourth-order valence-corrected chi connectivity index (χ4v) is 2.72. The molecule has 0 saturated heterocycles. The van der Waals surface area contributed by atoms with Crippen molar-refractivity contribution < 1.29 is 23.4 Å². The summed E-state index contributed by atoms with van der Waals surface area (Å²) >= 11 is 0. The first kappa shape index (κ1) is 16.5. The lowest BCUT2D eigenvalue weighted by Crippen LogP contribution is -2.09. The highest BCUT2D eigenvalue weighted by molar-refractivity contribution is 5.94. The molecule has 1 aliphatic carbocycles. The number of methoxy groups -OCH3 is 2. The van der Waals surface area contributed by atoms with Crippen molar-refractivity contribution in [3.8, 4) is 16.9 Å². The average molecular weight is 330 g/mol. The Morgan fingerprint density at radius 1 is 1.17 bits per heavy atom. The van der Waals surface area contributed by atoms with Gasteiger partial charge in [0, 0.05) is 7.11 Å². The Morgan fingerprint density at radius 3 is 2.46 bits per heavy atom. The summed E-state index contributed by atoms with van der Waals surface area (Å²) < 4.78 is 28.6. The van der Waals surface area contributed by atoms with Crippen LogP contribution in [0.2, 0.25) is 0 Å². The van der Waals surface area contributed by atoms with E-state index in [2.05, 4.69) is 0 Å². The molecule has 0 atom stereocenters. The summed E-state index contributed by atoms with van der Waals surface area (Å²) in [6.45, 7) is 0.0234. The summed E-state index contributed by atoms with van der Waals surface area (Å²) in [5.41, 5.74) is 3.27. The van der Waals surface area contributed by atoms with Gasteiger partial charge < -0.3 is 14.2 Å². The maximum Gasteiger partial charge on any atom is 0.341 e. The highest BCUT2D eigenvalue weighted by atomic mass is 19.1. The Balaban J connectivity index is 2.12. The summed E-state index contributed by atoms with van der Waals surface area (Å²) in [5, 5.41) is 0. The predicted octanol–water partition coefficient (Wildman–Crippen LogP) is 4.14. The summed E-state index contributed by atoms with van der Waals surface area (Å²) in [7, 11) is 2.85. The SMILES string of the molecule is COCOc1cc(-c2ccc(F)cc2)c(C2CC2)cc1C(=O)OC.